The SMILES string of the molecule is COc1cc([C@H]2c3c(oc4ccc(Cl)cc4c3=O)C(=O)N2c2nc(C)c(C)s2)ccc1OCc1ccccc1. The standard InChI is InChI=1S/C30H23ClN2O5S/c1-16-17(2)39-30(32-16)33-26(25-27(34)21-14-20(31)10-12-22(21)38-28(25)29(33)35)19-9-11-23(24(13-19)36-3)37-15-18-7-5-4-6-8-18/h4-14,26H,15H2,1-3H3/t26-/m0/s1. The minimum atomic E-state index is -0.783. The Hall–Kier alpha value is -4.14. The number of carbonyl (C=O) groups excluding carboxylic acids is 1. The molecule has 3 aromatic carbocycles. The van der Waals surface area contributed by atoms with E-state index in [1.807, 2.05) is 50.2 Å². The Labute approximate surface area is 233 Å². The van der Waals surface area contributed by atoms with Gasteiger partial charge >= 0.3 is 0 Å². The van der Waals surface area contributed by atoms with Crippen molar-refractivity contribution in [2.75, 3.05) is 12.0 Å². The third-order valence-electron chi connectivity index (χ3n) is 6.80. The van der Waals surface area contributed by atoms with E-state index in [0.717, 1.165) is 16.1 Å². The number of aryl methyl sites for hydroxylation is 2. The molecule has 1 aliphatic heterocycles. The van der Waals surface area contributed by atoms with Gasteiger partial charge in [0, 0.05) is 9.90 Å². The van der Waals surface area contributed by atoms with E-state index in [-0.39, 0.29) is 16.8 Å². The summed E-state index contributed by atoms with van der Waals surface area (Å²) in [6.07, 6.45) is 0. The van der Waals surface area contributed by atoms with Gasteiger partial charge in [0.15, 0.2) is 22.1 Å². The Morgan fingerprint density at radius 3 is 2.54 bits per heavy atom. The third-order valence-corrected chi connectivity index (χ3v) is 8.10. The minimum absolute atomic E-state index is 0.00583. The number of benzene rings is 3. The number of aromatic nitrogens is 1. The molecule has 0 N–H and O–H groups in total. The maximum absolute atomic E-state index is 13.9. The Morgan fingerprint density at radius 2 is 1.82 bits per heavy atom. The van der Waals surface area contributed by atoms with Gasteiger partial charge in [-0.25, -0.2) is 4.98 Å². The van der Waals surface area contributed by atoms with Crippen molar-refractivity contribution in [2.24, 2.45) is 0 Å². The van der Waals surface area contributed by atoms with Crippen molar-refractivity contribution in [3.63, 3.8) is 0 Å². The zero-order valence-electron chi connectivity index (χ0n) is 21.4. The molecule has 0 spiro atoms. The van der Waals surface area contributed by atoms with E-state index >= 15 is 0 Å². The number of rotatable bonds is 6. The quantitative estimate of drug-likeness (QED) is 0.226. The Morgan fingerprint density at radius 1 is 1.03 bits per heavy atom. The van der Waals surface area contributed by atoms with Crippen LogP contribution < -0.4 is 19.8 Å². The van der Waals surface area contributed by atoms with E-state index in [0.29, 0.717) is 44.8 Å². The summed E-state index contributed by atoms with van der Waals surface area (Å²) >= 11 is 7.59. The van der Waals surface area contributed by atoms with Crippen LogP contribution in [-0.2, 0) is 6.61 Å². The molecule has 9 heteroatoms. The van der Waals surface area contributed by atoms with Crippen LogP contribution >= 0.6 is 22.9 Å². The van der Waals surface area contributed by atoms with Crippen molar-refractivity contribution in [1.82, 2.24) is 4.98 Å². The van der Waals surface area contributed by atoms with Crippen molar-refractivity contribution >= 4 is 44.9 Å². The Balaban J connectivity index is 1.50. The maximum Gasteiger partial charge on any atom is 0.297 e. The Bertz CT molecular complexity index is 1780. The van der Waals surface area contributed by atoms with Crippen LogP contribution in [0.2, 0.25) is 5.02 Å². The van der Waals surface area contributed by atoms with E-state index in [2.05, 4.69) is 4.98 Å². The van der Waals surface area contributed by atoms with Gasteiger partial charge in [-0.05, 0) is 55.3 Å². The summed E-state index contributed by atoms with van der Waals surface area (Å²) in [4.78, 5) is 34.8. The van der Waals surface area contributed by atoms with Gasteiger partial charge < -0.3 is 13.9 Å². The van der Waals surface area contributed by atoms with Gasteiger partial charge in [0.05, 0.1) is 29.8 Å². The van der Waals surface area contributed by atoms with Crippen molar-refractivity contribution in [3.8, 4) is 11.5 Å². The normalized spacial score (nSPS) is 14.6. The fourth-order valence-electron chi connectivity index (χ4n) is 4.73. The highest BCUT2D eigenvalue weighted by Crippen LogP contribution is 2.44. The second kappa shape index (κ2) is 9.87. The first-order valence-corrected chi connectivity index (χ1v) is 13.4. The summed E-state index contributed by atoms with van der Waals surface area (Å²) in [5.74, 6) is 0.582. The summed E-state index contributed by atoms with van der Waals surface area (Å²) in [5.41, 5.74) is 2.71. The molecule has 39 heavy (non-hydrogen) atoms. The second-order valence-corrected chi connectivity index (χ2v) is 10.8. The van der Waals surface area contributed by atoms with Crippen molar-refractivity contribution in [1.29, 1.82) is 0 Å². The van der Waals surface area contributed by atoms with E-state index in [9.17, 15) is 9.59 Å². The maximum atomic E-state index is 13.9. The van der Waals surface area contributed by atoms with Crippen LogP contribution in [0.25, 0.3) is 11.0 Å². The number of ether oxygens (including phenoxy) is 2. The number of nitrogens with zero attached hydrogens (tertiary/aromatic N) is 2. The summed E-state index contributed by atoms with van der Waals surface area (Å²) < 4.78 is 17.7. The lowest BCUT2D eigenvalue weighted by Gasteiger charge is -2.23. The smallest absolute Gasteiger partial charge is 0.297 e. The molecule has 1 atom stereocenters. The van der Waals surface area contributed by atoms with Crippen LogP contribution in [0, 0.1) is 13.8 Å². The molecule has 0 unspecified atom stereocenters. The molecule has 6 rings (SSSR count). The topological polar surface area (TPSA) is 81.9 Å². The fraction of sp³-hybridized carbons (Fsp3) is 0.167. The van der Waals surface area contributed by atoms with Crippen molar-refractivity contribution < 1.29 is 18.7 Å². The summed E-state index contributed by atoms with van der Waals surface area (Å²) in [7, 11) is 1.55. The van der Waals surface area contributed by atoms with E-state index in [1.165, 1.54) is 16.2 Å². The average molecular weight is 559 g/mol. The average Bonchev–Trinajstić information content (AvgIpc) is 3.43. The lowest BCUT2D eigenvalue weighted by Crippen LogP contribution is -2.29. The molecule has 2 aromatic heterocycles. The molecular formula is C30H23ClN2O5S. The predicted octanol–water partition coefficient (Wildman–Crippen LogP) is 6.86. The monoisotopic (exact) mass is 558 g/mol. The molecule has 5 aromatic rings. The van der Waals surface area contributed by atoms with Crippen LogP contribution in [0.4, 0.5) is 5.13 Å². The number of carbonyl (C=O) groups is 1. The number of halogens is 1. The summed E-state index contributed by atoms with van der Waals surface area (Å²) in [6.45, 7) is 4.20. The van der Waals surface area contributed by atoms with Gasteiger partial charge in [-0.15, -0.1) is 11.3 Å². The third kappa shape index (κ3) is 4.35. The summed E-state index contributed by atoms with van der Waals surface area (Å²) in [5, 5.41) is 1.19. The largest absolute Gasteiger partial charge is 0.493 e. The molecule has 0 radical (unpaired) electrons. The van der Waals surface area contributed by atoms with Gasteiger partial charge in [0.2, 0.25) is 5.76 Å². The van der Waals surface area contributed by atoms with Crippen molar-refractivity contribution in [2.45, 2.75) is 26.5 Å². The summed E-state index contributed by atoms with van der Waals surface area (Å²) in [6, 6.07) is 19.2. The van der Waals surface area contributed by atoms with Crippen molar-refractivity contribution in [3.05, 3.63) is 115 Å². The van der Waals surface area contributed by atoms with Gasteiger partial charge in [-0.2, -0.15) is 0 Å². The number of amides is 1. The molecule has 3 heterocycles. The van der Waals surface area contributed by atoms with Crippen LogP contribution in [0.1, 0.15) is 43.9 Å². The van der Waals surface area contributed by atoms with Crippen LogP contribution in [0.5, 0.6) is 11.5 Å². The first-order valence-electron chi connectivity index (χ1n) is 12.2. The molecule has 0 saturated heterocycles. The van der Waals surface area contributed by atoms with E-state index in [1.54, 1.807) is 37.4 Å². The predicted molar refractivity (Wildman–Crippen MR) is 152 cm³/mol. The van der Waals surface area contributed by atoms with E-state index < -0.39 is 11.9 Å². The Kier molecular flexibility index (Phi) is 6.37. The van der Waals surface area contributed by atoms with Gasteiger partial charge in [0.25, 0.3) is 5.91 Å². The zero-order valence-corrected chi connectivity index (χ0v) is 22.9. The van der Waals surface area contributed by atoms with Crippen LogP contribution in [0.15, 0.2) is 75.9 Å². The second-order valence-electron chi connectivity index (χ2n) is 9.21. The fourth-order valence-corrected chi connectivity index (χ4v) is 5.83. The number of thiazole rings is 1. The molecule has 0 bridgehead atoms. The molecular weight excluding hydrogens is 536 g/mol. The van der Waals surface area contributed by atoms with E-state index in [4.69, 9.17) is 25.5 Å². The highest BCUT2D eigenvalue weighted by atomic mass is 35.5. The molecule has 0 aliphatic carbocycles. The van der Waals surface area contributed by atoms with Crippen LogP contribution in [-0.4, -0.2) is 18.0 Å². The van der Waals surface area contributed by atoms with Gasteiger partial charge in [0.1, 0.15) is 12.2 Å². The number of fused-ring (bicyclic) bond motifs is 2. The first kappa shape index (κ1) is 25.2. The molecule has 0 saturated carbocycles. The molecule has 1 aliphatic rings. The number of hydrogen-bond acceptors (Lipinski definition) is 7. The van der Waals surface area contributed by atoms with Gasteiger partial charge in [-0.3, -0.25) is 14.5 Å². The lowest BCUT2D eigenvalue weighted by atomic mass is 9.98. The van der Waals surface area contributed by atoms with Gasteiger partial charge in [-0.1, -0.05) is 48.0 Å². The molecule has 0 fully saturated rings. The molecule has 196 valence electrons. The minimum Gasteiger partial charge on any atom is -0.493 e. The number of anilines is 1. The zero-order chi connectivity index (χ0) is 27.3. The number of methoxy groups -OCH3 is 1. The molecule has 1 amide bonds. The number of hydrogen-bond donors (Lipinski definition) is 0. The van der Waals surface area contributed by atoms with Crippen LogP contribution in [0.3, 0.4) is 0 Å². The lowest BCUT2D eigenvalue weighted by molar-refractivity contribution is 0.0971. The first-order chi connectivity index (χ1) is 18.9. The highest BCUT2D eigenvalue weighted by molar-refractivity contribution is 7.15. The molecule has 7 nitrogen and oxygen atoms in total. The highest BCUT2D eigenvalue weighted by Gasteiger charge is 2.45.